The van der Waals surface area contributed by atoms with E-state index in [1.54, 1.807) is 0 Å². The molecule has 5 heteroatoms. The number of aliphatic hydroxyl groups excluding tert-OH is 1. The summed E-state index contributed by atoms with van der Waals surface area (Å²) in [5.41, 5.74) is 0. The number of allylic oxidation sites excluding steroid dienone is 20. The van der Waals surface area contributed by atoms with Crippen LogP contribution in [0.1, 0.15) is 373 Å². The van der Waals surface area contributed by atoms with Gasteiger partial charge in [0.25, 0.3) is 0 Å². The van der Waals surface area contributed by atoms with Crippen LogP contribution < -0.4 is 0 Å². The fourth-order valence-corrected chi connectivity index (χ4v) is 11.1. The van der Waals surface area contributed by atoms with E-state index in [1.165, 1.54) is 244 Å². The first-order valence-corrected chi connectivity index (χ1v) is 38.1. The maximum absolute atomic E-state index is 12.4. The second-order valence-corrected chi connectivity index (χ2v) is 25.3. The zero-order chi connectivity index (χ0) is 63.3. The van der Waals surface area contributed by atoms with E-state index in [1.807, 2.05) is 0 Å². The normalized spacial score (nSPS) is 12.9. The number of aliphatic hydroxyl groups is 1. The summed E-state index contributed by atoms with van der Waals surface area (Å²) in [6, 6.07) is 0. The molecule has 0 aliphatic rings. The van der Waals surface area contributed by atoms with E-state index in [4.69, 9.17) is 9.47 Å². The third-order valence-electron chi connectivity index (χ3n) is 16.8. The fraction of sp³-hybridized carbons (Fsp3) is 0.735. The molecule has 0 saturated heterocycles. The van der Waals surface area contributed by atoms with Crippen LogP contribution in [0.25, 0.3) is 0 Å². The molecule has 5 nitrogen and oxygen atoms in total. The zero-order valence-corrected chi connectivity index (χ0v) is 58.2. The number of hydrogen-bond acceptors (Lipinski definition) is 5. The number of ether oxygens (including phenoxy) is 2. The molecule has 0 spiro atoms. The van der Waals surface area contributed by atoms with Gasteiger partial charge in [0.15, 0.2) is 6.10 Å². The SMILES string of the molecule is CC/C=C\C/C=C\C/C=C\C/C=C\C/C=C\C/C=C\CCCCCCCCCCCCCCCCCCCCCCC(=O)OC(CO)COC(=O)CCCCCCCCCCCCCCCCCCCCCCCC/C=C\C/C=C\C/C=C\C/C=C\CC. The Bertz CT molecular complexity index is 1720. The Balaban J connectivity index is 3.42. The van der Waals surface area contributed by atoms with Gasteiger partial charge in [-0.2, -0.15) is 0 Å². The first-order chi connectivity index (χ1) is 43.6. The summed E-state index contributed by atoms with van der Waals surface area (Å²) < 4.78 is 10.8. The van der Waals surface area contributed by atoms with Gasteiger partial charge in [-0.1, -0.05) is 379 Å². The molecular weight excluding hydrogens is 1080 g/mol. The minimum Gasteiger partial charge on any atom is -0.462 e. The highest BCUT2D eigenvalue weighted by Crippen LogP contribution is 2.19. The van der Waals surface area contributed by atoms with E-state index in [2.05, 4.69) is 135 Å². The monoisotopic (exact) mass is 1220 g/mol. The van der Waals surface area contributed by atoms with Crippen LogP contribution >= 0.6 is 0 Å². The maximum atomic E-state index is 12.4. The fourth-order valence-electron chi connectivity index (χ4n) is 11.1. The quantitative estimate of drug-likeness (QED) is 0.0373. The second-order valence-electron chi connectivity index (χ2n) is 25.3. The molecule has 0 aromatic rings. The topological polar surface area (TPSA) is 72.8 Å². The van der Waals surface area contributed by atoms with Crippen LogP contribution in [-0.2, 0) is 19.1 Å². The van der Waals surface area contributed by atoms with Crippen LogP contribution in [0.2, 0.25) is 0 Å². The molecule has 0 radical (unpaired) electrons. The Kier molecular flexibility index (Phi) is 74.3. The average molecular weight is 1220 g/mol. The predicted molar refractivity (Wildman–Crippen MR) is 389 cm³/mol. The molecule has 88 heavy (non-hydrogen) atoms. The first-order valence-electron chi connectivity index (χ1n) is 38.1. The van der Waals surface area contributed by atoms with E-state index in [9.17, 15) is 14.7 Å². The Morgan fingerprint density at radius 2 is 0.455 bits per heavy atom. The number of carbonyl (C=O) groups is 2. The molecule has 0 aromatic carbocycles. The van der Waals surface area contributed by atoms with Gasteiger partial charge in [0.2, 0.25) is 0 Å². The standard InChI is InChI=1S/C83H144O5/c1-3-5-7-9-11-13-15-17-19-21-23-25-27-29-31-33-35-37-39-40-41-42-44-46-48-50-52-54-56-58-60-62-64-66-68-70-72-74-76-78-83(86)88-81(79-84)80-87-82(85)77-75-73-71-69-67-65-63-61-59-57-55-53-51-49-47-45-43-38-36-34-32-30-28-26-24-22-20-18-16-14-12-10-8-6-4-2/h5-8,11-14,17-20,23-26,29,31,35,37,81,84H,3-4,9-10,15-16,21-22,27-28,30,32-34,36,38-80H2,1-2H3/b7-5-,8-6-,13-11-,14-12-,19-17-,20-18-,25-23-,26-24-,31-29-,37-35-. The zero-order valence-electron chi connectivity index (χ0n) is 58.2. The molecular formula is C83H144O5. The molecule has 1 unspecified atom stereocenters. The van der Waals surface area contributed by atoms with E-state index in [0.29, 0.717) is 12.8 Å². The molecule has 0 rings (SSSR count). The van der Waals surface area contributed by atoms with Crippen molar-refractivity contribution < 1.29 is 24.2 Å². The molecule has 0 saturated carbocycles. The molecule has 1 atom stereocenters. The first kappa shape index (κ1) is 84.3. The van der Waals surface area contributed by atoms with Crippen LogP contribution in [0.3, 0.4) is 0 Å². The Morgan fingerprint density at radius 1 is 0.261 bits per heavy atom. The van der Waals surface area contributed by atoms with E-state index < -0.39 is 6.10 Å². The molecule has 0 aliphatic carbocycles. The number of carbonyl (C=O) groups excluding carboxylic acids is 2. The van der Waals surface area contributed by atoms with Crippen molar-refractivity contribution in [3.63, 3.8) is 0 Å². The largest absolute Gasteiger partial charge is 0.462 e. The summed E-state index contributed by atoms with van der Waals surface area (Å²) in [5.74, 6) is -0.573. The lowest BCUT2D eigenvalue weighted by atomic mass is 10.0. The Labute approximate surface area is 547 Å². The van der Waals surface area contributed by atoms with Crippen LogP contribution in [0.5, 0.6) is 0 Å². The predicted octanol–water partition coefficient (Wildman–Crippen LogP) is 26.9. The molecule has 0 fully saturated rings. The van der Waals surface area contributed by atoms with Gasteiger partial charge in [-0.25, -0.2) is 0 Å². The lowest BCUT2D eigenvalue weighted by Crippen LogP contribution is -2.28. The van der Waals surface area contributed by atoms with Crippen LogP contribution in [0.4, 0.5) is 0 Å². The summed E-state index contributed by atoms with van der Waals surface area (Å²) >= 11 is 0. The van der Waals surface area contributed by atoms with Gasteiger partial charge in [-0.15, -0.1) is 0 Å². The van der Waals surface area contributed by atoms with Gasteiger partial charge in [0.1, 0.15) is 6.61 Å². The Hall–Kier alpha value is -3.70. The third kappa shape index (κ3) is 74.8. The summed E-state index contributed by atoms with van der Waals surface area (Å²) in [5, 5.41) is 9.72. The minimum atomic E-state index is -0.776. The van der Waals surface area contributed by atoms with Gasteiger partial charge in [-0.05, 0) is 103 Å². The lowest BCUT2D eigenvalue weighted by Gasteiger charge is -2.15. The molecule has 0 bridgehead atoms. The highest BCUT2D eigenvalue weighted by Gasteiger charge is 2.16. The van der Waals surface area contributed by atoms with Crippen molar-refractivity contribution in [3.05, 3.63) is 122 Å². The van der Waals surface area contributed by atoms with Crippen molar-refractivity contribution in [2.45, 2.75) is 380 Å². The van der Waals surface area contributed by atoms with Gasteiger partial charge < -0.3 is 14.6 Å². The lowest BCUT2D eigenvalue weighted by molar-refractivity contribution is -0.161. The van der Waals surface area contributed by atoms with E-state index in [0.717, 1.165) is 103 Å². The number of rotatable bonds is 70. The number of unbranched alkanes of at least 4 members (excludes halogenated alkanes) is 42. The molecule has 0 aromatic heterocycles. The summed E-state index contributed by atoms with van der Waals surface area (Å²) in [6.45, 7) is 3.95. The van der Waals surface area contributed by atoms with Gasteiger partial charge in [0.05, 0.1) is 6.61 Å². The number of hydrogen-bond donors (Lipinski definition) is 1. The van der Waals surface area contributed by atoms with Crippen LogP contribution in [0.15, 0.2) is 122 Å². The molecule has 0 aliphatic heterocycles. The highest BCUT2D eigenvalue weighted by molar-refractivity contribution is 5.70. The molecule has 0 heterocycles. The average Bonchev–Trinajstić information content (AvgIpc) is 3.54. The van der Waals surface area contributed by atoms with Crippen molar-refractivity contribution in [2.75, 3.05) is 13.2 Å². The van der Waals surface area contributed by atoms with Crippen molar-refractivity contribution in [2.24, 2.45) is 0 Å². The van der Waals surface area contributed by atoms with Crippen molar-refractivity contribution in [1.82, 2.24) is 0 Å². The summed E-state index contributed by atoms with van der Waals surface area (Å²) in [6.07, 6.45) is 114. The minimum absolute atomic E-state index is 0.0641. The van der Waals surface area contributed by atoms with Crippen molar-refractivity contribution in [3.8, 4) is 0 Å². The summed E-state index contributed by atoms with van der Waals surface area (Å²) in [7, 11) is 0. The highest BCUT2D eigenvalue weighted by atomic mass is 16.6. The number of esters is 2. The van der Waals surface area contributed by atoms with E-state index >= 15 is 0 Å². The van der Waals surface area contributed by atoms with Gasteiger partial charge >= 0.3 is 11.9 Å². The summed E-state index contributed by atoms with van der Waals surface area (Å²) in [4.78, 5) is 24.7. The third-order valence-corrected chi connectivity index (χ3v) is 16.8. The van der Waals surface area contributed by atoms with Crippen LogP contribution in [-0.4, -0.2) is 36.4 Å². The van der Waals surface area contributed by atoms with Crippen LogP contribution in [0, 0.1) is 0 Å². The van der Waals surface area contributed by atoms with Crippen molar-refractivity contribution >= 4 is 11.9 Å². The second kappa shape index (κ2) is 77.5. The molecule has 1 N–H and O–H groups in total. The Morgan fingerprint density at radius 3 is 0.682 bits per heavy atom. The van der Waals surface area contributed by atoms with Gasteiger partial charge in [0, 0.05) is 12.8 Å². The maximum Gasteiger partial charge on any atom is 0.306 e. The van der Waals surface area contributed by atoms with Gasteiger partial charge in [-0.3, -0.25) is 9.59 Å². The van der Waals surface area contributed by atoms with Crippen molar-refractivity contribution in [1.29, 1.82) is 0 Å². The molecule has 506 valence electrons. The molecule has 0 amide bonds. The smallest absolute Gasteiger partial charge is 0.306 e. The van der Waals surface area contributed by atoms with E-state index in [-0.39, 0.29) is 25.2 Å².